The third kappa shape index (κ3) is 0.937. The Hall–Kier alpha value is -1.14. The van der Waals surface area contributed by atoms with Crippen LogP contribution >= 0.6 is 0 Å². The number of hydroxylamine groups is 1. The molecule has 0 unspecified atom stereocenters. The first-order valence-corrected chi connectivity index (χ1v) is 2.63. The average Bonchev–Trinajstić information content (AvgIpc) is 2.14. The number of nitrogens with one attached hydrogen (secondary N) is 1. The topological polar surface area (TPSA) is 107 Å². The van der Waals surface area contributed by atoms with Gasteiger partial charge in [0, 0.05) is 0 Å². The van der Waals surface area contributed by atoms with E-state index in [9.17, 15) is 9.59 Å². The van der Waals surface area contributed by atoms with Crippen molar-refractivity contribution in [1.29, 1.82) is 0 Å². The Balaban J connectivity index is 2.66. The molecule has 10 heavy (non-hydrogen) atoms. The molecule has 1 saturated heterocycles. The molecule has 2 amide bonds. The van der Waals surface area contributed by atoms with E-state index in [1.165, 1.54) is 0 Å². The standard InChI is InChI=1S/C4H7N3O3/c5-1-2(3(6)8)10-7-4(1)9/h1-2H,5H2,(H2,6,8)(H,7,9)/t1-,2+/m0/s1. The largest absolute Gasteiger partial charge is 0.367 e. The molecule has 1 aliphatic rings. The van der Waals surface area contributed by atoms with E-state index in [0.717, 1.165) is 0 Å². The van der Waals surface area contributed by atoms with Gasteiger partial charge in [-0.15, -0.1) is 0 Å². The first-order chi connectivity index (χ1) is 4.63. The SMILES string of the molecule is NC(=O)[C@@H]1ONC(=O)[C@H]1N. The lowest BCUT2D eigenvalue weighted by Crippen LogP contribution is -2.44. The summed E-state index contributed by atoms with van der Waals surface area (Å²) in [4.78, 5) is 25.3. The van der Waals surface area contributed by atoms with Crippen molar-refractivity contribution in [2.75, 3.05) is 0 Å². The van der Waals surface area contributed by atoms with Crippen LogP contribution in [0.4, 0.5) is 0 Å². The molecule has 2 atom stereocenters. The molecule has 1 rings (SSSR count). The van der Waals surface area contributed by atoms with Gasteiger partial charge in [-0.3, -0.25) is 14.4 Å². The van der Waals surface area contributed by atoms with Crippen molar-refractivity contribution in [2.24, 2.45) is 11.5 Å². The van der Waals surface area contributed by atoms with E-state index >= 15 is 0 Å². The molecular formula is C4H7N3O3. The monoisotopic (exact) mass is 145 g/mol. The van der Waals surface area contributed by atoms with Crippen LogP contribution in [0.25, 0.3) is 0 Å². The van der Waals surface area contributed by atoms with Crippen molar-refractivity contribution >= 4 is 11.8 Å². The summed E-state index contributed by atoms with van der Waals surface area (Å²) in [6.45, 7) is 0. The van der Waals surface area contributed by atoms with Crippen molar-refractivity contribution in [3.05, 3.63) is 0 Å². The Morgan fingerprint density at radius 2 is 2.30 bits per heavy atom. The first kappa shape index (κ1) is 6.97. The minimum Gasteiger partial charge on any atom is -0.367 e. The molecule has 1 heterocycles. The molecule has 1 aliphatic heterocycles. The molecule has 0 bridgehead atoms. The van der Waals surface area contributed by atoms with Gasteiger partial charge in [0.2, 0.25) is 0 Å². The summed E-state index contributed by atoms with van der Waals surface area (Å²) in [7, 11) is 0. The smallest absolute Gasteiger partial charge is 0.263 e. The Kier molecular flexibility index (Phi) is 1.56. The number of primary amides is 1. The molecule has 5 N–H and O–H groups in total. The van der Waals surface area contributed by atoms with Gasteiger partial charge in [-0.25, -0.2) is 5.48 Å². The molecule has 56 valence electrons. The van der Waals surface area contributed by atoms with Gasteiger partial charge in [0.25, 0.3) is 11.8 Å². The maximum absolute atomic E-state index is 10.5. The van der Waals surface area contributed by atoms with Crippen molar-refractivity contribution in [2.45, 2.75) is 12.1 Å². The highest BCUT2D eigenvalue weighted by Crippen LogP contribution is 2.01. The fourth-order valence-corrected chi connectivity index (χ4v) is 0.635. The normalized spacial score (nSPS) is 31.9. The van der Waals surface area contributed by atoms with Crippen LogP contribution in [0.1, 0.15) is 0 Å². The second kappa shape index (κ2) is 2.24. The summed E-state index contributed by atoms with van der Waals surface area (Å²) in [5, 5.41) is 0. The molecule has 0 radical (unpaired) electrons. The third-order valence-electron chi connectivity index (χ3n) is 1.20. The quantitative estimate of drug-likeness (QED) is 0.371. The highest BCUT2D eigenvalue weighted by atomic mass is 16.7. The molecule has 1 fully saturated rings. The number of carbonyl (C=O) groups excluding carboxylic acids is 2. The van der Waals surface area contributed by atoms with Crippen LogP contribution in [0.3, 0.4) is 0 Å². The summed E-state index contributed by atoms with van der Waals surface area (Å²) < 4.78 is 0. The number of nitrogens with two attached hydrogens (primary N) is 2. The Morgan fingerprint density at radius 1 is 1.70 bits per heavy atom. The second-order valence-electron chi connectivity index (χ2n) is 1.93. The molecule has 0 spiro atoms. The van der Waals surface area contributed by atoms with Crippen molar-refractivity contribution < 1.29 is 14.4 Å². The molecule has 6 nitrogen and oxygen atoms in total. The van der Waals surface area contributed by atoms with E-state index in [-0.39, 0.29) is 0 Å². The Bertz CT molecular complexity index is 181. The molecule has 0 saturated carbocycles. The van der Waals surface area contributed by atoms with Gasteiger partial charge in [0.05, 0.1) is 0 Å². The predicted octanol–water partition coefficient (Wildman–Crippen LogP) is -2.77. The summed E-state index contributed by atoms with van der Waals surface area (Å²) in [5.41, 5.74) is 11.9. The summed E-state index contributed by atoms with van der Waals surface area (Å²) in [6.07, 6.45) is -1.03. The maximum atomic E-state index is 10.5. The molecule has 6 heteroatoms. The average molecular weight is 145 g/mol. The van der Waals surface area contributed by atoms with Crippen molar-refractivity contribution in [3.8, 4) is 0 Å². The fourth-order valence-electron chi connectivity index (χ4n) is 0.635. The number of hydrogen-bond acceptors (Lipinski definition) is 4. The zero-order valence-electron chi connectivity index (χ0n) is 5.03. The van der Waals surface area contributed by atoms with Crippen LogP contribution in [0, 0.1) is 0 Å². The van der Waals surface area contributed by atoms with Gasteiger partial charge >= 0.3 is 0 Å². The highest BCUT2D eigenvalue weighted by molar-refractivity contribution is 5.92. The van der Waals surface area contributed by atoms with Crippen LogP contribution in [-0.2, 0) is 14.4 Å². The van der Waals surface area contributed by atoms with Gasteiger partial charge in [-0.05, 0) is 0 Å². The van der Waals surface area contributed by atoms with Crippen LogP contribution in [0.2, 0.25) is 0 Å². The highest BCUT2D eigenvalue weighted by Gasteiger charge is 2.37. The minimum absolute atomic E-state index is 0.524. The van der Waals surface area contributed by atoms with Crippen molar-refractivity contribution in [1.82, 2.24) is 5.48 Å². The van der Waals surface area contributed by atoms with E-state index < -0.39 is 24.0 Å². The molecule has 0 aromatic carbocycles. The Morgan fingerprint density at radius 3 is 2.50 bits per heavy atom. The van der Waals surface area contributed by atoms with E-state index in [4.69, 9.17) is 11.5 Å². The Labute approximate surface area is 56.4 Å². The molecule has 0 aliphatic carbocycles. The van der Waals surface area contributed by atoms with Crippen LogP contribution in [0.5, 0.6) is 0 Å². The van der Waals surface area contributed by atoms with E-state index in [2.05, 4.69) is 4.84 Å². The van der Waals surface area contributed by atoms with Gasteiger partial charge < -0.3 is 11.5 Å². The number of hydrogen-bond donors (Lipinski definition) is 3. The maximum Gasteiger partial charge on any atom is 0.263 e. The second-order valence-corrected chi connectivity index (χ2v) is 1.93. The summed E-state index contributed by atoms with van der Waals surface area (Å²) in [6, 6.07) is -0.975. The van der Waals surface area contributed by atoms with Crippen molar-refractivity contribution in [3.63, 3.8) is 0 Å². The molecule has 0 aromatic heterocycles. The van der Waals surface area contributed by atoms with Gasteiger partial charge in [0.15, 0.2) is 6.10 Å². The number of carbonyl (C=O) groups is 2. The zero-order chi connectivity index (χ0) is 7.72. The summed E-state index contributed by atoms with van der Waals surface area (Å²) >= 11 is 0. The lowest BCUT2D eigenvalue weighted by Gasteiger charge is -2.03. The third-order valence-corrected chi connectivity index (χ3v) is 1.20. The lowest BCUT2D eigenvalue weighted by molar-refractivity contribution is -0.131. The van der Waals surface area contributed by atoms with Gasteiger partial charge in [-0.1, -0.05) is 0 Å². The zero-order valence-corrected chi connectivity index (χ0v) is 5.03. The van der Waals surface area contributed by atoms with E-state index in [0.29, 0.717) is 0 Å². The van der Waals surface area contributed by atoms with Gasteiger partial charge in [0.1, 0.15) is 6.04 Å². The van der Waals surface area contributed by atoms with Crippen LogP contribution in [0.15, 0.2) is 0 Å². The van der Waals surface area contributed by atoms with E-state index in [1.54, 1.807) is 0 Å². The fraction of sp³-hybridized carbons (Fsp3) is 0.500. The number of amides is 2. The minimum atomic E-state index is -1.03. The summed E-state index contributed by atoms with van der Waals surface area (Å²) in [5.74, 6) is -1.27. The van der Waals surface area contributed by atoms with Crippen LogP contribution in [-0.4, -0.2) is 24.0 Å². The first-order valence-electron chi connectivity index (χ1n) is 2.63. The van der Waals surface area contributed by atoms with Crippen LogP contribution < -0.4 is 16.9 Å². The molecular weight excluding hydrogens is 138 g/mol. The van der Waals surface area contributed by atoms with Gasteiger partial charge in [-0.2, -0.15) is 0 Å². The number of rotatable bonds is 1. The lowest BCUT2D eigenvalue weighted by atomic mass is 10.2. The van der Waals surface area contributed by atoms with E-state index in [1.807, 2.05) is 5.48 Å². The molecule has 0 aromatic rings. The predicted molar refractivity (Wildman–Crippen MR) is 30.2 cm³/mol.